The van der Waals surface area contributed by atoms with E-state index in [1.165, 1.54) is 16.8 Å². The van der Waals surface area contributed by atoms with Crippen LogP contribution in [0.5, 0.6) is 5.75 Å². The Labute approximate surface area is 306 Å². The average Bonchev–Trinajstić information content (AvgIpc) is 3.71. The van der Waals surface area contributed by atoms with Crippen molar-refractivity contribution < 1.29 is 26.2 Å². The molecule has 5 aromatic carbocycles. The van der Waals surface area contributed by atoms with Gasteiger partial charge in [0.25, 0.3) is 0 Å². The topological polar surface area (TPSA) is 68.8 Å². The van der Waals surface area contributed by atoms with Gasteiger partial charge in [0.05, 0.1) is 39.0 Å². The van der Waals surface area contributed by atoms with Crippen molar-refractivity contribution in [1.29, 1.82) is 0 Å². The molecule has 0 saturated carbocycles. The van der Waals surface area contributed by atoms with Crippen molar-refractivity contribution in [3.05, 3.63) is 145 Å². The fourth-order valence-electron chi connectivity index (χ4n) is 6.89. The molecule has 0 amide bonds. The van der Waals surface area contributed by atoms with Crippen molar-refractivity contribution in [3.63, 3.8) is 0 Å². The molecular formula is C43H37N5OPt. The minimum absolute atomic E-state index is 0. The Morgan fingerprint density at radius 3 is 1.84 bits per heavy atom. The van der Waals surface area contributed by atoms with Gasteiger partial charge < -0.3 is 5.11 Å². The molecule has 8 aromatic rings. The van der Waals surface area contributed by atoms with Crippen LogP contribution in [0.2, 0.25) is 0 Å². The number of fused-ring (bicyclic) bond motifs is 2. The first kappa shape index (κ1) is 33.2. The first-order chi connectivity index (χ1) is 23.9. The number of nitrogens with zero attached hydrogens (tertiary/aromatic N) is 5. The largest absolute Gasteiger partial charge is 0.507 e. The van der Waals surface area contributed by atoms with Gasteiger partial charge in [-0.25, -0.2) is 15.0 Å². The summed E-state index contributed by atoms with van der Waals surface area (Å²) in [6, 6.07) is 44.8. The molecule has 250 valence electrons. The SMILES string of the molecule is CC(C)c1cccc(C(C)C)c1-n1c(-c2cccc(-c3cccc4c3nc(-c3ccccc3O)n4-c3ccccc3)n2)nc2ccccc21.[Pt]. The van der Waals surface area contributed by atoms with Crippen LogP contribution in [-0.2, 0) is 21.1 Å². The Bertz CT molecular complexity index is 2450. The van der Waals surface area contributed by atoms with E-state index in [-0.39, 0.29) is 26.8 Å². The first-order valence-corrected chi connectivity index (χ1v) is 16.8. The third kappa shape index (κ3) is 5.64. The fraction of sp³-hybridized carbons (Fsp3) is 0.140. The second-order valence-corrected chi connectivity index (χ2v) is 13.1. The Kier molecular flexibility index (Phi) is 8.98. The van der Waals surface area contributed by atoms with Crippen molar-refractivity contribution in [2.24, 2.45) is 0 Å². The summed E-state index contributed by atoms with van der Waals surface area (Å²) in [5.41, 5.74) is 11.5. The van der Waals surface area contributed by atoms with Gasteiger partial charge in [0.1, 0.15) is 17.3 Å². The number of pyridine rings is 1. The van der Waals surface area contributed by atoms with Crippen molar-refractivity contribution in [2.45, 2.75) is 39.5 Å². The van der Waals surface area contributed by atoms with E-state index in [1.54, 1.807) is 6.07 Å². The van der Waals surface area contributed by atoms with Gasteiger partial charge in [0.2, 0.25) is 0 Å². The number of hydrogen-bond donors (Lipinski definition) is 1. The molecule has 0 bridgehead atoms. The number of aromatic hydroxyl groups is 1. The Hall–Kier alpha value is -5.32. The molecule has 0 radical (unpaired) electrons. The van der Waals surface area contributed by atoms with Crippen LogP contribution in [-0.4, -0.2) is 29.2 Å². The molecule has 0 unspecified atom stereocenters. The summed E-state index contributed by atoms with van der Waals surface area (Å²) >= 11 is 0. The number of para-hydroxylation sites is 6. The van der Waals surface area contributed by atoms with E-state index in [0.717, 1.165) is 50.5 Å². The van der Waals surface area contributed by atoms with Crippen molar-refractivity contribution in [2.75, 3.05) is 0 Å². The molecule has 0 fully saturated rings. The molecule has 0 spiro atoms. The molecule has 7 heteroatoms. The van der Waals surface area contributed by atoms with E-state index >= 15 is 0 Å². The van der Waals surface area contributed by atoms with Crippen LogP contribution in [0.1, 0.15) is 50.7 Å². The van der Waals surface area contributed by atoms with Crippen LogP contribution in [0.4, 0.5) is 0 Å². The number of rotatable bonds is 7. The maximum atomic E-state index is 10.9. The molecule has 50 heavy (non-hydrogen) atoms. The van der Waals surface area contributed by atoms with Gasteiger partial charge in [0, 0.05) is 32.3 Å². The van der Waals surface area contributed by atoms with E-state index in [4.69, 9.17) is 15.0 Å². The predicted octanol–water partition coefficient (Wildman–Crippen LogP) is 10.7. The number of imidazole rings is 2. The monoisotopic (exact) mass is 834 g/mol. The van der Waals surface area contributed by atoms with Crippen molar-refractivity contribution >= 4 is 22.1 Å². The third-order valence-corrected chi connectivity index (χ3v) is 9.23. The average molecular weight is 835 g/mol. The van der Waals surface area contributed by atoms with Crippen LogP contribution < -0.4 is 0 Å². The van der Waals surface area contributed by atoms with Gasteiger partial charge in [-0.15, -0.1) is 0 Å². The molecule has 0 aliphatic heterocycles. The van der Waals surface area contributed by atoms with Gasteiger partial charge in [0.15, 0.2) is 5.82 Å². The summed E-state index contributed by atoms with van der Waals surface area (Å²) < 4.78 is 4.42. The van der Waals surface area contributed by atoms with Gasteiger partial charge in [-0.1, -0.05) is 107 Å². The maximum absolute atomic E-state index is 10.9. The number of hydrogen-bond acceptors (Lipinski definition) is 4. The predicted molar refractivity (Wildman–Crippen MR) is 200 cm³/mol. The van der Waals surface area contributed by atoms with Gasteiger partial charge in [-0.3, -0.25) is 9.13 Å². The Morgan fingerprint density at radius 2 is 1.10 bits per heavy atom. The summed E-state index contributed by atoms with van der Waals surface area (Å²) in [6.07, 6.45) is 0. The fourth-order valence-corrected chi connectivity index (χ4v) is 6.89. The van der Waals surface area contributed by atoms with E-state index < -0.39 is 0 Å². The maximum Gasteiger partial charge on any atom is 0.164 e. The summed E-state index contributed by atoms with van der Waals surface area (Å²) in [7, 11) is 0. The second kappa shape index (κ2) is 13.5. The standard InChI is InChI=1S/C43H37N5O.Pt/c1-27(2)30-18-12-19-31(28(3)4)41(30)48-37-24-10-9-21-35(37)45-43(48)36-23-14-22-34(44-36)32-20-13-25-38-40(32)46-42(33-17-8-11-26-39(33)49)47(38)29-15-6-5-7-16-29;/h5-28,49H,1-4H3;. The summed E-state index contributed by atoms with van der Waals surface area (Å²) in [6.45, 7) is 9.00. The van der Waals surface area contributed by atoms with Crippen molar-refractivity contribution in [1.82, 2.24) is 24.1 Å². The number of phenolic OH excluding ortho intramolecular Hbond substituents is 1. The molecule has 0 saturated heterocycles. The zero-order valence-electron chi connectivity index (χ0n) is 28.4. The van der Waals surface area contributed by atoms with Crippen LogP contribution in [0, 0.1) is 0 Å². The van der Waals surface area contributed by atoms with Crippen LogP contribution in [0.3, 0.4) is 0 Å². The normalized spacial score (nSPS) is 11.5. The quantitative estimate of drug-likeness (QED) is 0.174. The first-order valence-electron chi connectivity index (χ1n) is 16.8. The van der Waals surface area contributed by atoms with Gasteiger partial charge in [-0.05, 0) is 77.6 Å². The molecule has 1 N–H and O–H groups in total. The molecule has 0 aliphatic carbocycles. The van der Waals surface area contributed by atoms with Crippen molar-refractivity contribution in [3.8, 4) is 51.3 Å². The van der Waals surface area contributed by atoms with E-state index in [0.29, 0.717) is 23.2 Å². The Morgan fingerprint density at radius 1 is 0.500 bits per heavy atom. The van der Waals surface area contributed by atoms with E-state index in [9.17, 15) is 5.11 Å². The molecule has 3 aromatic heterocycles. The minimum Gasteiger partial charge on any atom is -0.507 e. The molecule has 3 heterocycles. The number of aromatic nitrogens is 5. The zero-order chi connectivity index (χ0) is 33.6. The molecule has 6 nitrogen and oxygen atoms in total. The van der Waals surface area contributed by atoms with Crippen LogP contribution in [0.25, 0.3) is 67.6 Å². The summed E-state index contributed by atoms with van der Waals surface area (Å²) in [4.78, 5) is 15.7. The molecule has 0 aliphatic rings. The second-order valence-electron chi connectivity index (χ2n) is 13.1. The zero-order valence-corrected chi connectivity index (χ0v) is 30.6. The van der Waals surface area contributed by atoms with E-state index in [1.807, 2.05) is 60.7 Å². The number of phenols is 1. The number of benzene rings is 5. The van der Waals surface area contributed by atoms with Crippen LogP contribution in [0.15, 0.2) is 133 Å². The smallest absolute Gasteiger partial charge is 0.164 e. The van der Waals surface area contributed by atoms with Gasteiger partial charge in [-0.2, -0.15) is 0 Å². The molecule has 8 rings (SSSR count). The third-order valence-electron chi connectivity index (χ3n) is 9.23. The van der Waals surface area contributed by atoms with Gasteiger partial charge >= 0.3 is 0 Å². The summed E-state index contributed by atoms with van der Waals surface area (Å²) in [5, 5.41) is 10.9. The summed E-state index contributed by atoms with van der Waals surface area (Å²) in [5.74, 6) is 2.28. The molecular weight excluding hydrogens is 798 g/mol. The molecule has 0 atom stereocenters. The van der Waals surface area contributed by atoms with Crippen LogP contribution >= 0.6 is 0 Å². The Balaban J connectivity index is 0.00000392. The van der Waals surface area contributed by atoms with E-state index in [2.05, 4.69) is 104 Å². The minimum atomic E-state index is 0.